The normalized spacial score (nSPS) is 11.5. The van der Waals surface area contributed by atoms with Crippen molar-refractivity contribution in [1.82, 2.24) is 15.0 Å². The Kier molecular flexibility index (Phi) is 7.24. The minimum atomic E-state index is -1.33. The van der Waals surface area contributed by atoms with E-state index in [4.69, 9.17) is 9.47 Å². The van der Waals surface area contributed by atoms with Crippen molar-refractivity contribution in [3.05, 3.63) is 41.2 Å². The van der Waals surface area contributed by atoms with Crippen LogP contribution in [-0.4, -0.2) is 39.6 Å². The number of benzene rings is 1. The zero-order chi connectivity index (χ0) is 20.8. The molecule has 0 radical (unpaired) electrons. The van der Waals surface area contributed by atoms with Gasteiger partial charge in [0.25, 0.3) is 0 Å². The minimum Gasteiger partial charge on any atom is -0.609 e. The Balaban J connectivity index is 0.000000640. The van der Waals surface area contributed by atoms with E-state index < -0.39 is 11.2 Å². The Hall–Kier alpha value is -2.78. The molecule has 1 amide bonds. The van der Waals surface area contributed by atoms with Crippen LogP contribution in [0.1, 0.15) is 23.7 Å². The molecule has 1 atom stereocenters. The first-order valence-electron chi connectivity index (χ1n) is 8.44. The number of nitrogens with two attached hydrogens (primary N) is 1. The number of hydrogen-bond acceptors (Lipinski definition) is 6. The Morgan fingerprint density at radius 1 is 1.29 bits per heavy atom. The quantitative estimate of drug-likeness (QED) is 0.629. The van der Waals surface area contributed by atoms with Gasteiger partial charge in [-0.15, -0.1) is 0 Å². The molecule has 150 valence electrons. The third-order valence-corrected chi connectivity index (χ3v) is 5.06. The van der Waals surface area contributed by atoms with Crippen LogP contribution in [0.15, 0.2) is 29.6 Å². The van der Waals surface area contributed by atoms with Gasteiger partial charge in [-0.3, -0.25) is 14.8 Å². The van der Waals surface area contributed by atoms with Crippen molar-refractivity contribution in [2.75, 3.05) is 14.2 Å². The fourth-order valence-electron chi connectivity index (χ4n) is 2.61. The second-order valence-electron chi connectivity index (χ2n) is 6.07. The average molecular weight is 404 g/mol. The smallest absolute Gasteiger partial charge is 0.322 e. The maximum atomic E-state index is 12.7. The minimum absolute atomic E-state index is 0.277. The van der Waals surface area contributed by atoms with Crippen LogP contribution in [0.4, 0.5) is 0 Å². The number of carbonyl (C=O) groups is 1. The Labute approximate surface area is 166 Å². The fourth-order valence-corrected chi connectivity index (χ4v) is 3.71. The van der Waals surface area contributed by atoms with Crippen molar-refractivity contribution < 1.29 is 18.8 Å². The van der Waals surface area contributed by atoms with Gasteiger partial charge in [-0.05, 0) is 26.0 Å². The monoisotopic (exact) mass is 404 g/mol. The molecule has 1 aromatic carbocycles. The first kappa shape index (κ1) is 21.5. The molecule has 0 saturated carbocycles. The second-order valence-corrected chi connectivity index (χ2v) is 7.44. The summed E-state index contributed by atoms with van der Waals surface area (Å²) in [6.45, 7) is 5.17. The molecule has 1 unspecified atom stereocenters. The van der Waals surface area contributed by atoms with Crippen molar-refractivity contribution in [2.45, 2.75) is 31.7 Å². The summed E-state index contributed by atoms with van der Waals surface area (Å²) >= 11 is -1.33. The summed E-state index contributed by atoms with van der Waals surface area (Å²) in [5, 5.41) is 0.430. The third-order valence-electron chi connectivity index (χ3n) is 3.90. The van der Waals surface area contributed by atoms with E-state index >= 15 is 0 Å². The van der Waals surface area contributed by atoms with Crippen LogP contribution >= 0.6 is 0 Å². The summed E-state index contributed by atoms with van der Waals surface area (Å²) in [5.41, 5.74) is 8.63. The first-order chi connectivity index (χ1) is 13.3. The standard InChI is InChI=1S/C17H19N3O3S.C2H5NO/c1-10-8-18-15(11(2)16(10)23-4)9-24(21)17-19-13-6-5-12(22-3)7-14(13)20-17;1-2(3)4/h5-8H,9H2,1-4H3,(H,19,20);1H3,(H2,3,4). The number of ether oxygens (including phenoxy) is 2. The van der Waals surface area contributed by atoms with Gasteiger partial charge in [-0.25, -0.2) is 0 Å². The topological polar surface area (TPSA) is 126 Å². The zero-order valence-corrected chi connectivity index (χ0v) is 17.3. The molecule has 0 spiro atoms. The lowest BCUT2D eigenvalue weighted by Crippen LogP contribution is -2.10. The summed E-state index contributed by atoms with van der Waals surface area (Å²) in [5.74, 6) is 1.44. The molecular weight excluding hydrogens is 380 g/mol. The molecule has 0 fully saturated rings. The van der Waals surface area contributed by atoms with Crippen molar-refractivity contribution >= 4 is 28.1 Å². The number of hydrogen-bond donors (Lipinski definition) is 2. The van der Waals surface area contributed by atoms with Crippen LogP contribution < -0.4 is 15.2 Å². The number of H-pyrrole nitrogens is 1. The molecule has 28 heavy (non-hydrogen) atoms. The zero-order valence-electron chi connectivity index (χ0n) is 16.5. The molecule has 3 rings (SSSR count). The molecule has 2 heterocycles. The van der Waals surface area contributed by atoms with Crippen molar-refractivity contribution in [3.8, 4) is 11.5 Å². The van der Waals surface area contributed by atoms with E-state index in [2.05, 4.69) is 20.7 Å². The molecule has 0 aliphatic rings. The van der Waals surface area contributed by atoms with Gasteiger partial charge >= 0.3 is 5.16 Å². The second kappa shape index (κ2) is 9.43. The van der Waals surface area contributed by atoms with Crippen LogP contribution in [0, 0.1) is 13.8 Å². The van der Waals surface area contributed by atoms with E-state index in [1.807, 2.05) is 32.0 Å². The number of rotatable bonds is 5. The number of nitrogens with zero attached hydrogens (tertiary/aromatic N) is 2. The number of imidazole rings is 1. The highest BCUT2D eigenvalue weighted by atomic mass is 32.2. The van der Waals surface area contributed by atoms with Crippen LogP contribution in [0.2, 0.25) is 0 Å². The van der Waals surface area contributed by atoms with Crippen LogP contribution in [0.3, 0.4) is 0 Å². The molecule has 9 heteroatoms. The lowest BCUT2D eigenvalue weighted by Gasteiger charge is -2.13. The largest absolute Gasteiger partial charge is 0.609 e. The van der Waals surface area contributed by atoms with E-state index in [0.29, 0.717) is 10.9 Å². The van der Waals surface area contributed by atoms with E-state index in [-0.39, 0.29) is 11.7 Å². The number of carbonyl (C=O) groups excluding carboxylic acids is 1. The lowest BCUT2D eigenvalue weighted by atomic mass is 10.1. The van der Waals surface area contributed by atoms with Crippen molar-refractivity contribution in [3.63, 3.8) is 0 Å². The maximum absolute atomic E-state index is 12.7. The molecule has 3 aromatic rings. The molecule has 8 nitrogen and oxygen atoms in total. The van der Waals surface area contributed by atoms with Gasteiger partial charge in [-0.1, -0.05) is 0 Å². The molecule has 0 saturated heterocycles. The number of methoxy groups -OCH3 is 2. The highest BCUT2D eigenvalue weighted by Gasteiger charge is 2.21. The Bertz CT molecular complexity index is 970. The highest BCUT2D eigenvalue weighted by Crippen LogP contribution is 2.27. The number of fused-ring (bicyclic) bond motifs is 1. The van der Waals surface area contributed by atoms with Gasteiger partial charge in [0, 0.05) is 41.5 Å². The van der Waals surface area contributed by atoms with Crippen molar-refractivity contribution in [2.24, 2.45) is 5.73 Å². The van der Waals surface area contributed by atoms with Crippen molar-refractivity contribution in [1.29, 1.82) is 0 Å². The summed E-state index contributed by atoms with van der Waals surface area (Å²) in [7, 11) is 3.23. The molecule has 2 aromatic heterocycles. The van der Waals surface area contributed by atoms with Crippen LogP contribution in [0.25, 0.3) is 11.0 Å². The van der Waals surface area contributed by atoms with E-state index in [1.54, 1.807) is 20.4 Å². The number of pyridine rings is 1. The summed E-state index contributed by atoms with van der Waals surface area (Å²) in [6.07, 6.45) is 1.74. The molecular formula is C19H24N4O4S. The fraction of sp³-hybridized carbons (Fsp3) is 0.316. The number of aromatic amines is 1. The van der Waals surface area contributed by atoms with Gasteiger partial charge in [-0.2, -0.15) is 4.98 Å². The maximum Gasteiger partial charge on any atom is 0.322 e. The van der Waals surface area contributed by atoms with E-state index in [1.165, 1.54) is 6.92 Å². The number of aromatic nitrogens is 3. The van der Waals surface area contributed by atoms with E-state index in [0.717, 1.165) is 33.6 Å². The van der Waals surface area contributed by atoms with Gasteiger partial charge < -0.3 is 19.8 Å². The van der Waals surface area contributed by atoms with Gasteiger partial charge in [0.2, 0.25) is 5.91 Å². The highest BCUT2D eigenvalue weighted by molar-refractivity contribution is 7.90. The summed E-state index contributed by atoms with van der Waals surface area (Å²) in [4.78, 5) is 21.1. The van der Waals surface area contributed by atoms with Gasteiger partial charge in [0.05, 0.1) is 30.9 Å². The SMILES string of the molecule is CC(N)=O.COc1ccc2[nH]c([S+]([O-])Cc3ncc(C)c(OC)c3C)nc2c1. The van der Waals surface area contributed by atoms with Crippen LogP contribution in [-0.2, 0) is 21.7 Å². The summed E-state index contributed by atoms with van der Waals surface area (Å²) < 4.78 is 23.3. The third kappa shape index (κ3) is 5.14. The summed E-state index contributed by atoms with van der Waals surface area (Å²) in [6, 6.07) is 5.51. The number of primary amides is 1. The predicted octanol–water partition coefficient (Wildman–Crippen LogP) is 2.39. The molecule has 0 aliphatic heterocycles. The first-order valence-corrected chi connectivity index (χ1v) is 9.76. The molecule has 0 aliphatic carbocycles. The van der Waals surface area contributed by atoms with Crippen LogP contribution in [0.5, 0.6) is 11.5 Å². The predicted molar refractivity (Wildman–Crippen MR) is 108 cm³/mol. The Morgan fingerprint density at radius 2 is 1.96 bits per heavy atom. The molecule has 0 bridgehead atoms. The van der Waals surface area contributed by atoms with Gasteiger partial charge in [0.15, 0.2) is 5.75 Å². The average Bonchev–Trinajstić information content (AvgIpc) is 3.07. The molecule has 3 N–H and O–H groups in total. The Morgan fingerprint density at radius 3 is 2.57 bits per heavy atom. The number of nitrogens with one attached hydrogen (secondary N) is 1. The number of aryl methyl sites for hydroxylation is 1. The lowest BCUT2D eigenvalue weighted by molar-refractivity contribution is -0.115. The van der Waals surface area contributed by atoms with E-state index in [9.17, 15) is 9.35 Å². The van der Waals surface area contributed by atoms with Gasteiger partial charge in [0.1, 0.15) is 11.5 Å². The number of amides is 1.